The van der Waals surface area contributed by atoms with E-state index in [1.54, 1.807) is 18.8 Å². The first-order chi connectivity index (χ1) is 9.19. The number of hydrogen-bond donors (Lipinski definition) is 2. The summed E-state index contributed by atoms with van der Waals surface area (Å²) in [6.07, 6.45) is 0. The maximum absolute atomic E-state index is 11.4. The van der Waals surface area contributed by atoms with Crippen LogP contribution in [0.25, 0.3) is 0 Å². The maximum atomic E-state index is 11.4. The standard InChI is InChI=1S/C10H20N6O2S/c1-8(9(17)11-2)19-10-13-14-15-16(10)6-4-12-5-7-18-3/h8,12H,4-7H2,1-3H3,(H,11,17). The number of nitrogens with zero attached hydrogens (tertiary/aromatic N) is 4. The number of carbonyl (C=O) groups excluding carboxylic acids is 1. The number of aromatic nitrogens is 4. The Labute approximate surface area is 116 Å². The molecule has 0 aliphatic carbocycles. The van der Waals surface area contributed by atoms with Crippen LogP contribution in [0.4, 0.5) is 0 Å². The second kappa shape index (κ2) is 8.83. The number of hydrogen-bond acceptors (Lipinski definition) is 7. The van der Waals surface area contributed by atoms with Crippen molar-refractivity contribution < 1.29 is 9.53 Å². The van der Waals surface area contributed by atoms with Gasteiger partial charge in [-0.25, -0.2) is 4.68 Å². The Kier molecular flexibility index (Phi) is 7.38. The zero-order chi connectivity index (χ0) is 14.1. The van der Waals surface area contributed by atoms with Gasteiger partial charge < -0.3 is 15.4 Å². The zero-order valence-electron chi connectivity index (χ0n) is 11.4. The van der Waals surface area contributed by atoms with Gasteiger partial charge in [-0.05, 0) is 17.4 Å². The Bertz CT molecular complexity index is 386. The number of thioether (sulfide) groups is 1. The second-order valence-electron chi connectivity index (χ2n) is 3.80. The van der Waals surface area contributed by atoms with E-state index < -0.39 is 0 Å². The molecule has 1 amide bonds. The van der Waals surface area contributed by atoms with Crippen LogP contribution in [0.1, 0.15) is 6.92 Å². The van der Waals surface area contributed by atoms with Gasteiger partial charge in [-0.3, -0.25) is 4.79 Å². The lowest BCUT2D eigenvalue weighted by atomic mass is 10.4. The molecule has 0 bridgehead atoms. The summed E-state index contributed by atoms with van der Waals surface area (Å²) in [7, 11) is 3.28. The number of amides is 1. The molecule has 0 aliphatic heterocycles. The van der Waals surface area contributed by atoms with Crippen LogP contribution in [0.3, 0.4) is 0 Å². The monoisotopic (exact) mass is 288 g/mol. The Balaban J connectivity index is 2.39. The molecule has 1 aromatic heterocycles. The molecule has 9 heteroatoms. The van der Waals surface area contributed by atoms with Gasteiger partial charge in [0.1, 0.15) is 0 Å². The summed E-state index contributed by atoms with van der Waals surface area (Å²) < 4.78 is 6.62. The summed E-state index contributed by atoms with van der Waals surface area (Å²) in [6, 6.07) is 0. The summed E-state index contributed by atoms with van der Waals surface area (Å²) in [5, 5.41) is 17.7. The Morgan fingerprint density at radius 2 is 2.32 bits per heavy atom. The van der Waals surface area contributed by atoms with Crippen molar-refractivity contribution in [1.82, 2.24) is 30.8 Å². The molecule has 108 valence electrons. The third-order valence-electron chi connectivity index (χ3n) is 2.38. The highest BCUT2D eigenvalue weighted by Gasteiger charge is 2.16. The molecule has 1 heterocycles. The highest BCUT2D eigenvalue weighted by Crippen LogP contribution is 2.19. The molecule has 0 aliphatic rings. The quantitative estimate of drug-likeness (QED) is 0.451. The van der Waals surface area contributed by atoms with Gasteiger partial charge in [0, 0.05) is 27.2 Å². The fourth-order valence-electron chi connectivity index (χ4n) is 1.32. The first kappa shape index (κ1) is 15.9. The molecule has 0 fully saturated rings. The first-order valence-corrected chi connectivity index (χ1v) is 6.91. The molecular formula is C10H20N6O2S. The van der Waals surface area contributed by atoms with Crippen LogP contribution in [0.5, 0.6) is 0 Å². The van der Waals surface area contributed by atoms with E-state index in [9.17, 15) is 4.79 Å². The van der Waals surface area contributed by atoms with Gasteiger partial charge in [0.2, 0.25) is 11.1 Å². The molecule has 0 saturated carbocycles. The van der Waals surface area contributed by atoms with E-state index in [1.165, 1.54) is 11.8 Å². The van der Waals surface area contributed by atoms with Crippen molar-refractivity contribution in [2.24, 2.45) is 0 Å². The molecule has 0 radical (unpaired) electrons. The summed E-state index contributed by atoms with van der Waals surface area (Å²) in [5.41, 5.74) is 0. The highest BCUT2D eigenvalue weighted by molar-refractivity contribution is 8.00. The van der Waals surface area contributed by atoms with Crippen LogP contribution in [-0.2, 0) is 16.1 Å². The van der Waals surface area contributed by atoms with Crippen molar-refractivity contribution in [2.75, 3.05) is 33.9 Å². The smallest absolute Gasteiger partial charge is 0.233 e. The summed E-state index contributed by atoms with van der Waals surface area (Å²) in [6.45, 7) is 4.68. The lowest BCUT2D eigenvalue weighted by Crippen LogP contribution is -2.28. The van der Waals surface area contributed by atoms with Gasteiger partial charge in [0.05, 0.1) is 18.4 Å². The van der Waals surface area contributed by atoms with E-state index in [-0.39, 0.29) is 11.2 Å². The zero-order valence-corrected chi connectivity index (χ0v) is 12.2. The van der Waals surface area contributed by atoms with Gasteiger partial charge in [-0.1, -0.05) is 11.8 Å². The van der Waals surface area contributed by atoms with Crippen molar-refractivity contribution in [3.63, 3.8) is 0 Å². The molecule has 8 nitrogen and oxygen atoms in total. The predicted molar refractivity (Wildman–Crippen MR) is 71.9 cm³/mol. The average molecular weight is 288 g/mol. The normalized spacial score (nSPS) is 12.4. The van der Waals surface area contributed by atoms with Crippen LogP contribution in [-0.4, -0.2) is 65.2 Å². The van der Waals surface area contributed by atoms with Gasteiger partial charge in [0.25, 0.3) is 0 Å². The molecule has 0 saturated heterocycles. The Morgan fingerprint density at radius 3 is 3.00 bits per heavy atom. The van der Waals surface area contributed by atoms with Crippen molar-refractivity contribution in [3.05, 3.63) is 0 Å². The molecule has 1 rings (SSSR count). The minimum atomic E-state index is -0.226. The van der Waals surface area contributed by atoms with Crippen LogP contribution >= 0.6 is 11.8 Å². The molecule has 1 atom stereocenters. The van der Waals surface area contributed by atoms with Crippen LogP contribution in [0.15, 0.2) is 5.16 Å². The molecule has 1 aromatic rings. The number of rotatable bonds is 9. The van der Waals surface area contributed by atoms with Crippen molar-refractivity contribution in [3.8, 4) is 0 Å². The topological polar surface area (TPSA) is 94.0 Å². The summed E-state index contributed by atoms with van der Waals surface area (Å²) >= 11 is 1.34. The molecule has 2 N–H and O–H groups in total. The number of ether oxygens (including phenoxy) is 1. The van der Waals surface area contributed by atoms with Crippen molar-refractivity contribution >= 4 is 17.7 Å². The van der Waals surface area contributed by atoms with E-state index in [2.05, 4.69) is 26.2 Å². The minimum Gasteiger partial charge on any atom is -0.383 e. The fourth-order valence-corrected chi connectivity index (χ4v) is 2.19. The van der Waals surface area contributed by atoms with Gasteiger partial charge in [-0.15, -0.1) is 5.10 Å². The maximum Gasteiger partial charge on any atom is 0.233 e. The molecule has 19 heavy (non-hydrogen) atoms. The molecule has 0 aromatic carbocycles. The van der Waals surface area contributed by atoms with E-state index >= 15 is 0 Å². The summed E-state index contributed by atoms with van der Waals surface area (Å²) in [4.78, 5) is 11.4. The molecule has 0 spiro atoms. The third kappa shape index (κ3) is 5.53. The van der Waals surface area contributed by atoms with Crippen molar-refractivity contribution in [2.45, 2.75) is 23.9 Å². The van der Waals surface area contributed by atoms with Gasteiger partial charge >= 0.3 is 0 Å². The van der Waals surface area contributed by atoms with Gasteiger partial charge in [-0.2, -0.15) is 0 Å². The Hall–Kier alpha value is -1.19. The van der Waals surface area contributed by atoms with Crippen LogP contribution < -0.4 is 10.6 Å². The molecule has 1 unspecified atom stereocenters. The lowest BCUT2D eigenvalue weighted by molar-refractivity contribution is -0.119. The lowest BCUT2D eigenvalue weighted by Gasteiger charge is -2.09. The SMILES string of the molecule is CNC(=O)C(C)Sc1nnnn1CCNCCOC. The number of tetrazole rings is 1. The number of nitrogens with one attached hydrogen (secondary N) is 2. The van der Waals surface area contributed by atoms with E-state index in [0.29, 0.717) is 18.3 Å². The molecular weight excluding hydrogens is 268 g/mol. The number of methoxy groups -OCH3 is 1. The fraction of sp³-hybridized carbons (Fsp3) is 0.800. The minimum absolute atomic E-state index is 0.0437. The van der Waals surface area contributed by atoms with E-state index in [0.717, 1.165) is 13.1 Å². The summed E-state index contributed by atoms with van der Waals surface area (Å²) in [5.74, 6) is -0.0437. The van der Waals surface area contributed by atoms with Crippen LogP contribution in [0, 0.1) is 0 Å². The van der Waals surface area contributed by atoms with E-state index in [1.807, 2.05) is 6.92 Å². The highest BCUT2D eigenvalue weighted by atomic mass is 32.2. The first-order valence-electron chi connectivity index (χ1n) is 6.03. The van der Waals surface area contributed by atoms with Gasteiger partial charge in [0.15, 0.2) is 0 Å². The third-order valence-corrected chi connectivity index (χ3v) is 3.45. The second-order valence-corrected chi connectivity index (χ2v) is 5.11. The number of carbonyl (C=O) groups is 1. The average Bonchev–Trinajstić information content (AvgIpc) is 2.85. The largest absolute Gasteiger partial charge is 0.383 e. The van der Waals surface area contributed by atoms with Crippen LogP contribution in [0.2, 0.25) is 0 Å². The predicted octanol–water partition coefficient (Wildman–Crippen LogP) is -0.864. The Morgan fingerprint density at radius 1 is 1.53 bits per heavy atom. The van der Waals surface area contributed by atoms with Crippen molar-refractivity contribution in [1.29, 1.82) is 0 Å². The van der Waals surface area contributed by atoms with E-state index in [4.69, 9.17) is 4.74 Å².